The van der Waals surface area contributed by atoms with Crippen molar-refractivity contribution in [1.82, 2.24) is 14.8 Å². The summed E-state index contributed by atoms with van der Waals surface area (Å²) in [5, 5.41) is 8.77. The van der Waals surface area contributed by atoms with E-state index in [1.807, 2.05) is 0 Å². The van der Waals surface area contributed by atoms with Gasteiger partial charge in [-0.2, -0.15) is 0 Å². The normalized spacial score (nSPS) is 10.6. The predicted molar refractivity (Wildman–Crippen MR) is 110 cm³/mol. The SMILES string of the molecule is C=CCn1c(SCC(=O)c2cc(OC)ccc2OC)nnc1-c1ccccc1F. The van der Waals surface area contributed by atoms with Gasteiger partial charge in [-0.25, -0.2) is 4.39 Å². The highest BCUT2D eigenvalue weighted by atomic mass is 32.2. The average molecular weight is 413 g/mol. The van der Waals surface area contributed by atoms with Crippen LogP contribution in [0.2, 0.25) is 0 Å². The van der Waals surface area contributed by atoms with Crippen molar-refractivity contribution in [2.24, 2.45) is 0 Å². The fraction of sp³-hybridized carbons (Fsp3) is 0.190. The number of nitrogens with zero attached hydrogens (tertiary/aromatic N) is 3. The number of aromatic nitrogens is 3. The number of thioether (sulfide) groups is 1. The minimum absolute atomic E-state index is 0.107. The number of halogens is 1. The lowest BCUT2D eigenvalue weighted by atomic mass is 10.1. The number of carbonyl (C=O) groups is 1. The summed E-state index contributed by atoms with van der Waals surface area (Å²) < 4.78 is 26.4. The molecule has 1 heterocycles. The molecule has 3 rings (SSSR count). The number of benzene rings is 2. The first-order valence-corrected chi connectivity index (χ1v) is 9.74. The lowest BCUT2D eigenvalue weighted by Gasteiger charge is -2.10. The van der Waals surface area contributed by atoms with Gasteiger partial charge in [0.25, 0.3) is 0 Å². The quantitative estimate of drug-likeness (QED) is 0.297. The maximum atomic E-state index is 14.2. The van der Waals surface area contributed by atoms with Gasteiger partial charge in [-0.3, -0.25) is 9.36 Å². The van der Waals surface area contributed by atoms with Crippen molar-refractivity contribution in [1.29, 1.82) is 0 Å². The molecule has 0 bridgehead atoms. The third-order valence-electron chi connectivity index (χ3n) is 4.18. The summed E-state index contributed by atoms with van der Waals surface area (Å²) in [5.74, 6) is 0.991. The molecular weight excluding hydrogens is 393 g/mol. The summed E-state index contributed by atoms with van der Waals surface area (Å²) in [6.07, 6.45) is 1.67. The van der Waals surface area contributed by atoms with Gasteiger partial charge in [0.15, 0.2) is 16.8 Å². The topological polar surface area (TPSA) is 66.2 Å². The second-order valence-corrected chi connectivity index (χ2v) is 6.91. The first-order chi connectivity index (χ1) is 14.1. The summed E-state index contributed by atoms with van der Waals surface area (Å²) >= 11 is 1.22. The zero-order valence-corrected chi connectivity index (χ0v) is 16.9. The highest BCUT2D eigenvalue weighted by Crippen LogP contribution is 2.29. The maximum Gasteiger partial charge on any atom is 0.192 e. The fourth-order valence-corrected chi connectivity index (χ4v) is 3.60. The molecule has 29 heavy (non-hydrogen) atoms. The molecule has 0 aliphatic carbocycles. The monoisotopic (exact) mass is 413 g/mol. The lowest BCUT2D eigenvalue weighted by Crippen LogP contribution is -2.07. The molecule has 0 unspecified atom stereocenters. The van der Waals surface area contributed by atoms with Gasteiger partial charge in [-0.1, -0.05) is 30.0 Å². The van der Waals surface area contributed by atoms with Gasteiger partial charge in [0.05, 0.1) is 31.1 Å². The van der Waals surface area contributed by atoms with Crippen molar-refractivity contribution in [3.05, 3.63) is 66.5 Å². The Morgan fingerprint density at radius 3 is 2.69 bits per heavy atom. The second kappa shape index (κ2) is 9.38. The smallest absolute Gasteiger partial charge is 0.192 e. The van der Waals surface area contributed by atoms with Crippen molar-refractivity contribution < 1.29 is 18.7 Å². The predicted octanol–water partition coefficient (Wildman–Crippen LogP) is 4.26. The Balaban J connectivity index is 1.85. The Bertz CT molecular complexity index is 1040. The van der Waals surface area contributed by atoms with Gasteiger partial charge < -0.3 is 9.47 Å². The van der Waals surface area contributed by atoms with Gasteiger partial charge in [0.2, 0.25) is 0 Å². The maximum absolute atomic E-state index is 14.2. The van der Waals surface area contributed by atoms with Crippen LogP contribution < -0.4 is 9.47 Å². The first kappa shape index (κ1) is 20.6. The van der Waals surface area contributed by atoms with E-state index in [1.165, 1.54) is 32.0 Å². The Morgan fingerprint density at radius 1 is 1.21 bits per heavy atom. The van der Waals surface area contributed by atoms with Crippen LogP contribution >= 0.6 is 11.8 Å². The molecule has 0 atom stereocenters. The number of hydrogen-bond donors (Lipinski definition) is 0. The molecule has 0 saturated heterocycles. The summed E-state index contributed by atoms with van der Waals surface area (Å²) in [6.45, 7) is 4.13. The molecule has 0 fully saturated rings. The molecule has 0 aliphatic rings. The van der Waals surface area contributed by atoms with E-state index in [-0.39, 0.29) is 17.4 Å². The Labute approximate surface area is 172 Å². The number of allylic oxidation sites excluding steroid dienone is 1. The van der Waals surface area contributed by atoms with E-state index in [0.29, 0.717) is 40.2 Å². The number of methoxy groups -OCH3 is 2. The van der Waals surface area contributed by atoms with E-state index >= 15 is 0 Å². The molecule has 150 valence electrons. The van der Waals surface area contributed by atoms with Crippen LogP contribution in [0, 0.1) is 5.82 Å². The highest BCUT2D eigenvalue weighted by molar-refractivity contribution is 7.99. The van der Waals surface area contributed by atoms with Crippen molar-refractivity contribution in [3.8, 4) is 22.9 Å². The third kappa shape index (κ3) is 4.48. The van der Waals surface area contributed by atoms with Gasteiger partial charge in [-0.05, 0) is 30.3 Å². The first-order valence-electron chi connectivity index (χ1n) is 8.76. The standard InChI is InChI=1S/C21H20FN3O3S/c1-4-11-25-20(15-7-5-6-8-17(15)22)23-24-21(25)29-13-18(26)16-12-14(27-2)9-10-19(16)28-3/h4-10,12H,1,11,13H2,2-3H3. The molecule has 8 heteroatoms. The number of rotatable bonds is 9. The van der Waals surface area contributed by atoms with Crippen molar-refractivity contribution in [3.63, 3.8) is 0 Å². The van der Waals surface area contributed by atoms with Crippen LogP contribution in [0.5, 0.6) is 11.5 Å². The second-order valence-electron chi connectivity index (χ2n) is 5.96. The molecule has 0 radical (unpaired) electrons. The van der Waals surface area contributed by atoms with E-state index in [0.717, 1.165) is 0 Å². The van der Waals surface area contributed by atoms with E-state index < -0.39 is 0 Å². The Kier molecular flexibility index (Phi) is 6.66. The van der Waals surface area contributed by atoms with Gasteiger partial charge in [0, 0.05) is 6.54 Å². The Hall–Kier alpha value is -3.13. The summed E-state index contributed by atoms with van der Waals surface area (Å²) in [4.78, 5) is 12.8. The largest absolute Gasteiger partial charge is 0.497 e. The minimum atomic E-state index is -0.390. The molecule has 3 aromatic rings. The van der Waals surface area contributed by atoms with E-state index in [2.05, 4.69) is 16.8 Å². The number of ether oxygens (including phenoxy) is 2. The molecule has 0 aliphatic heterocycles. The molecule has 0 saturated carbocycles. The molecule has 0 spiro atoms. The molecule has 1 aromatic heterocycles. The number of Topliss-reactive ketones (excluding diaryl/α,β-unsaturated/α-hetero) is 1. The van der Waals surface area contributed by atoms with Crippen molar-refractivity contribution >= 4 is 17.5 Å². The van der Waals surface area contributed by atoms with Crippen LogP contribution in [-0.2, 0) is 6.54 Å². The van der Waals surface area contributed by atoms with Crippen LogP contribution in [0.25, 0.3) is 11.4 Å². The van der Waals surface area contributed by atoms with Crippen LogP contribution in [0.4, 0.5) is 4.39 Å². The van der Waals surface area contributed by atoms with E-state index in [1.54, 1.807) is 47.0 Å². The van der Waals surface area contributed by atoms with Gasteiger partial charge in [-0.15, -0.1) is 16.8 Å². The molecule has 2 aromatic carbocycles. The zero-order chi connectivity index (χ0) is 20.8. The van der Waals surface area contributed by atoms with Gasteiger partial charge in [0.1, 0.15) is 17.3 Å². The van der Waals surface area contributed by atoms with E-state index in [9.17, 15) is 9.18 Å². The minimum Gasteiger partial charge on any atom is -0.497 e. The van der Waals surface area contributed by atoms with Crippen LogP contribution in [-0.4, -0.2) is 40.5 Å². The summed E-state index contributed by atoms with van der Waals surface area (Å²) in [5.41, 5.74) is 0.762. The van der Waals surface area contributed by atoms with E-state index in [4.69, 9.17) is 9.47 Å². The van der Waals surface area contributed by atoms with Crippen molar-refractivity contribution in [2.75, 3.05) is 20.0 Å². The summed E-state index contributed by atoms with van der Waals surface area (Å²) in [6, 6.07) is 11.4. The number of carbonyl (C=O) groups excluding carboxylic acids is 1. The molecular formula is C21H20FN3O3S. The number of ketones is 1. The zero-order valence-electron chi connectivity index (χ0n) is 16.1. The molecule has 0 N–H and O–H groups in total. The number of hydrogen-bond acceptors (Lipinski definition) is 6. The third-order valence-corrected chi connectivity index (χ3v) is 5.15. The Morgan fingerprint density at radius 2 is 2.00 bits per heavy atom. The summed E-state index contributed by atoms with van der Waals surface area (Å²) in [7, 11) is 3.04. The average Bonchev–Trinajstić information content (AvgIpc) is 3.14. The van der Waals surface area contributed by atoms with Crippen LogP contribution in [0.15, 0.2) is 60.3 Å². The van der Waals surface area contributed by atoms with Crippen LogP contribution in [0.3, 0.4) is 0 Å². The molecule has 6 nitrogen and oxygen atoms in total. The lowest BCUT2D eigenvalue weighted by molar-refractivity contribution is 0.101. The van der Waals surface area contributed by atoms with Crippen molar-refractivity contribution in [2.45, 2.75) is 11.7 Å². The highest BCUT2D eigenvalue weighted by Gasteiger charge is 2.19. The fourth-order valence-electron chi connectivity index (χ4n) is 2.77. The molecule has 0 amide bonds. The van der Waals surface area contributed by atoms with Gasteiger partial charge >= 0.3 is 0 Å². The van der Waals surface area contributed by atoms with Crippen LogP contribution in [0.1, 0.15) is 10.4 Å².